The predicted molar refractivity (Wildman–Crippen MR) is 105 cm³/mol. The van der Waals surface area contributed by atoms with Gasteiger partial charge in [0.05, 0.1) is 6.54 Å². The highest BCUT2D eigenvalue weighted by atomic mass is 16.2. The average molecular weight is 353 g/mol. The third-order valence-corrected chi connectivity index (χ3v) is 4.31. The van der Waals surface area contributed by atoms with Gasteiger partial charge in [-0.15, -0.1) is 0 Å². The second kappa shape index (κ2) is 9.73. The van der Waals surface area contributed by atoms with Gasteiger partial charge in [-0.05, 0) is 44.5 Å². The molecule has 0 aliphatic heterocycles. The number of anilines is 1. The molecule has 1 atom stereocenters. The van der Waals surface area contributed by atoms with Crippen LogP contribution in [0.25, 0.3) is 0 Å². The van der Waals surface area contributed by atoms with Crippen molar-refractivity contribution in [1.29, 1.82) is 0 Å². The molecular formula is C21H27N3O2. The summed E-state index contributed by atoms with van der Waals surface area (Å²) < 4.78 is 0. The summed E-state index contributed by atoms with van der Waals surface area (Å²) in [6.07, 6.45) is 0. The lowest BCUT2D eigenvalue weighted by atomic mass is 10.1. The lowest BCUT2D eigenvalue weighted by Crippen LogP contribution is -2.31. The molecule has 5 nitrogen and oxygen atoms in total. The van der Waals surface area contributed by atoms with Crippen molar-refractivity contribution in [1.82, 2.24) is 10.2 Å². The van der Waals surface area contributed by atoms with Crippen molar-refractivity contribution in [2.75, 3.05) is 25.0 Å². The normalized spacial score (nSPS) is 11.7. The van der Waals surface area contributed by atoms with Crippen LogP contribution in [-0.2, 0) is 4.79 Å². The highest BCUT2D eigenvalue weighted by molar-refractivity contribution is 5.97. The molecule has 0 aliphatic carbocycles. The van der Waals surface area contributed by atoms with E-state index >= 15 is 0 Å². The Balaban J connectivity index is 1.93. The Morgan fingerprint density at radius 1 is 1.00 bits per heavy atom. The Morgan fingerprint density at radius 3 is 2.35 bits per heavy atom. The first kappa shape index (κ1) is 19.7. The highest BCUT2D eigenvalue weighted by Gasteiger charge is 2.13. The lowest BCUT2D eigenvalue weighted by Gasteiger charge is -2.19. The number of carbonyl (C=O) groups excluding carboxylic acids is 2. The summed E-state index contributed by atoms with van der Waals surface area (Å²) in [6.45, 7) is 7.44. The Morgan fingerprint density at radius 2 is 1.69 bits per heavy atom. The number of rotatable bonds is 8. The molecule has 0 radical (unpaired) electrons. The van der Waals surface area contributed by atoms with Crippen molar-refractivity contribution >= 4 is 17.5 Å². The quantitative estimate of drug-likeness (QED) is 0.764. The first-order valence-electron chi connectivity index (χ1n) is 9.02. The molecule has 0 aromatic heterocycles. The van der Waals surface area contributed by atoms with E-state index in [4.69, 9.17) is 0 Å². The maximum Gasteiger partial charge on any atom is 0.253 e. The Labute approximate surface area is 155 Å². The van der Waals surface area contributed by atoms with Crippen LogP contribution in [0.3, 0.4) is 0 Å². The fourth-order valence-corrected chi connectivity index (χ4v) is 2.73. The van der Waals surface area contributed by atoms with Crippen molar-refractivity contribution in [2.24, 2.45) is 0 Å². The Bertz CT molecular complexity index is 727. The molecule has 0 saturated carbocycles. The third kappa shape index (κ3) is 5.43. The SMILES string of the molecule is CCN(CC)C(=O)c1cccc(NC(=O)CNC(C)c2ccccc2)c1. The second-order valence-corrected chi connectivity index (χ2v) is 6.12. The molecule has 2 amide bonds. The van der Waals surface area contributed by atoms with E-state index in [2.05, 4.69) is 10.6 Å². The molecule has 2 rings (SSSR count). The average Bonchev–Trinajstić information content (AvgIpc) is 2.68. The van der Waals surface area contributed by atoms with Crippen LogP contribution in [0.15, 0.2) is 54.6 Å². The van der Waals surface area contributed by atoms with Crippen LogP contribution in [0.1, 0.15) is 42.7 Å². The maximum atomic E-state index is 12.4. The van der Waals surface area contributed by atoms with E-state index < -0.39 is 0 Å². The molecule has 26 heavy (non-hydrogen) atoms. The summed E-state index contributed by atoms with van der Waals surface area (Å²) in [5, 5.41) is 6.05. The van der Waals surface area contributed by atoms with Crippen LogP contribution < -0.4 is 10.6 Å². The van der Waals surface area contributed by atoms with Gasteiger partial charge in [-0.1, -0.05) is 36.4 Å². The van der Waals surface area contributed by atoms with Crippen LogP contribution in [-0.4, -0.2) is 36.3 Å². The monoisotopic (exact) mass is 353 g/mol. The predicted octanol–water partition coefficient (Wildman–Crippen LogP) is 3.46. The van der Waals surface area contributed by atoms with Crippen LogP contribution in [0.5, 0.6) is 0 Å². The van der Waals surface area contributed by atoms with Crippen molar-refractivity contribution in [3.63, 3.8) is 0 Å². The number of amides is 2. The molecule has 2 N–H and O–H groups in total. The molecule has 0 aliphatic rings. The van der Waals surface area contributed by atoms with E-state index in [1.165, 1.54) is 0 Å². The lowest BCUT2D eigenvalue weighted by molar-refractivity contribution is -0.115. The van der Waals surface area contributed by atoms with Crippen LogP contribution in [0.2, 0.25) is 0 Å². The van der Waals surface area contributed by atoms with Crippen molar-refractivity contribution in [3.8, 4) is 0 Å². The molecule has 2 aromatic carbocycles. The van der Waals surface area contributed by atoms with E-state index in [0.717, 1.165) is 5.56 Å². The number of hydrogen-bond donors (Lipinski definition) is 2. The van der Waals surface area contributed by atoms with E-state index in [-0.39, 0.29) is 24.4 Å². The van der Waals surface area contributed by atoms with Crippen LogP contribution in [0, 0.1) is 0 Å². The number of nitrogens with zero attached hydrogens (tertiary/aromatic N) is 1. The summed E-state index contributed by atoms with van der Waals surface area (Å²) in [5.74, 6) is -0.165. The minimum Gasteiger partial charge on any atom is -0.339 e. The summed E-state index contributed by atoms with van der Waals surface area (Å²) >= 11 is 0. The van der Waals surface area contributed by atoms with Gasteiger partial charge in [-0.2, -0.15) is 0 Å². The number of benzene rings is 2. The molecule has 0 fully saturated rings. The Hall–Kier alpha value is -2.66. The first-order valence-corrected chi connectivity index (χ1v) is 9.02. The standard InChI is InChI=1S/C21H27N3O2/c1-4-24(5-2)21(26)18-12-9-13-19(14-18)23-20(25)15-22-16(3)17-10-7-6-8-11-17/h6-14,16,22H,4-5,15H2,1-3H3,(H,23,25). The van der Waals surface area contributed by atoms with Crippen LogP contribution in [0.4, 0.5) is 5.69 Å². The van der Waals surface area contributed by atoms with E-state index in [9.17, 15) is 9.59 Å². The van der Waals surface area contributed by atoms with Crippen LogP contribution >= 0.6 is 0 Å². The fourth-order valence-electron chi connectivity index (χ4n) is 2.73. The van der Waals surface area contributed by atoms with Gasteiger partial charge in [0, 0.05) is 30.4 Å². The van der Waals surface area contributed by atoms with E-state index in [1.807, 2.05) is 51.1 Å². The summed E-state index contributed by atoms with van der Waals surface area (Å²) in [4.78, 5) is 26.4. The van der Waals surface area contributed by atoms with Gasteiger partial charge in [0.1, 0.15) is 0 Å². The van der Waals surface area contributed by atoms with Gasteiger partial charge in [0.2, 0.25) is 5.91 Å². The van der Waals surface area contributed by atoms with Crippen molar-refractivity contribution in [3.05, 3.63) is 65.7 Å². The third-order valence-electron chi connectivity index (χ3n) is 4.31. The van der Waals surface area contributed by atoms with E-state index in [1.54, 1.807) is 29.2 Å². The van der Waals surface area contributed by atoms with Gasteiger partial charge in [0.25, 0.3) is 5.91 Å². The van der Waals surface area contributed by atoms with Crippen molar-refractivity contribution < 1.29 is 9.59 Å². The fraction of sp³-hybridized carbons (Fsp3) is 0.333. The highest BCUT2D eigenvalue weighted by Crippen LogP contribution is 2.14. The molecule has 138 valence electrons. The zero-order valence-electron chi connectivity index (χ0n) is 15.7. The van der Waals surface area contributed by atoms with Gasteiger partial charge in [-0.25, -0.2) is 0 Å². The molecule has 2 aromatic rings. The maximum absolute atomic E-state index is 12.4. The Kier molecular flexibility index (Phi) is 7.36. The molecule has 0 heterocycles. The van der Waals surface area contributed by atoms with Gasteiger partial charge < -0.3 is 15.5 Å². The second-order valence-electron chi connectivity index (χ2n) is 6.12. The van der Waals surface area contributed by atoms with Crippen molar-refractivity contribution in [2.45, 2.75) is 26.8 Å². The zero-order valence-corrected chi connectivity index (χ0v) is 15.7. The summed E-state index contributed by atoms with van der Waals surface area (Å²) in [7, 11) is 0. The smallest absolute Gasteiger partial charge is 0.253 e. The number of carbonyl (C=O) groups is 2. The molecule has 0 spiro atoms. The summed E-state index contributed by atoms with van der Waals surface area (Å²) in [6, 6.07) is 17.1. The number of hydrogen-bond acceptors (Lipinski definition) is 3. The molecule has 0 bridgehead atoms. The zero-order chi connectivity index (χ0) is 18.9. The van der Waals surface area contributed by atoms with E-state index in [0.29, 0.717) is 24.3 Å². The number of nitrogens with one attached hydrogen (secondary N) is 2. The van der Waals surface area contributed by atoms with Gasteiger partial charge in [0.15, 0.2) is 0 Å². The minimum atomic E-state index is -0.139. The topological polar surface area (TPSA) is 61.4 Å². The molecular weight excluding hydrogens is 326 g/mol. The summed E-state index contributed by atoms with van der Waals surface area (Å²) in [5.41, 5.74) is 2.34. The minimum absolute atomic E-state index is 0.0260. The van der Waals surface area contributed by atoms with Gasteiger partial charge in [-0.3, -0.25) is 9.59 Å². The van der Waals surface area contributed by atoms with Gasteiger partial charge >= 0.3 is 0 Å². The molecule has 0 saturated heterocycles. The largest absolute Gasteiger partial charge is 0.339 e. The molecule has 5 heteroatoms. The molecule has 1 unspecified atom stereocenters. The first-order chi connectivity index (χ1) is 12.5.